The molecule has 0 aliphatic heterocycles. The smallest absolute Gasteiger partial charge is 0.0795 e. The Morgan fingerprint density at radius 2 is 2.25 bits per heavy atom. The van der Waals surface area contributed by atoms with Gasteiger partial charge in [0.1, 0.15) is 0 Å². The first-order valence-electron chi connectivity index (χ1n) is 6.99. The van der Waals surface area contributed by atoms with Crippen LogP contribution < -0.4 is 10.2 Å². The number of anilines is 1. The van der Waals surface area contributed by atoms with Crippen molar-refractivity contribution < 1.29 is 0 Å². The number of aryl methyl sites for hydroxylation is 1. The molecule has 106 valence electrons. The summed E-state index contributed by atoms with van der Waals surface area (Å²) < 4.78 is 0. The maximum Gasteiger partial charge on any atom is 0.0795 e. The van der Waals surface area contributed by atoms with Gasteiger partial charge in [0, 0.05) is 48.2 Å². The molecule has 0 radical (unpaired) electrons. The highest BCUT2D eigenvalue weighted by Crippen LogP contribution is 2.24. The monoisotopic (exact) mass is 288 g/mol. The molecule has 0 amide bonds. The number of hydrogen-bond acceptors (Lipinski definition) is 5. The van der Waals surface area contributed by atoms with Gasteiger partial charge in [-0.1, -0.05) is 0 Å². The maximum atomic E-state index is 4.44. The van der Waals surface area contributed by atoms with Gasteiger partial charge >= 0.3 is 0 Å². The first-order chi connectivity index (χ1) is 9.72. The molecule has 1 N–H and O–H groups in total. The summed E-state index contributed by atoms with van der Waals surface area (Å²) in [5.41, 5.74) is 6.57. The van der Waals surface area contributed by atoms with E-state index >= 15 is 0 Å². The Hall–Kier alpha value is -1.46. The fraction of sp³-hybridized carbons (Fsp3) is 0.467. The molecule has 20 heavy (non-hydrogen) atoms. The van der Waals surface area contributed by atoms with Crippen molar-refractivity contribution in [2.75, 3.05) is 11.9 Å². The van der Waals surface area contributed by atoms with Crippen molar-refractivity contribution in [2.45, 2.75) is 38.9 Å². The van der Waals surface area contributed by atoms with E-state index in [2.05, 4.69) is 38.7 Å². The van der Waals surface area contributed by atoms with E-state index < -0.39 is 0 Å². The van der Waals surface area contributed by atoms with Crippen molar-refractivity contribution >= 4 is 17.0 Å². The topological polar surface area (TPSA) is 41.1 Å². The molecule has 0 saturated heterocycles. The number of hydrogen-bond donors (Lipinski definition) is 1. The fourth-order valence-electron chi connectivity index (χ4n) is 2.25. The summed E-state index contributed by atoms with van der Waals surface area (Å²) in [6, 6.07) is 2.88. The molecule has 0 bridgehead atoms. The summed E-state index contributed by atoms with van der Waals surface area (Å²) >= 11 is 1.64. The standard InChI is InChI=1S/C15H20N4S/c1-11-5-15(19(2)8-14-9-20-10-18-14)12(6-16-11)7-17-13-3-4-13/h5-6,9-10,13,17H,3-4,7-8H2,1-2H3. The number of pyridine rings is 1. The third kappa shape index (κ3) is 3.35. The van der Waals surface area contributed by atoms with Gasteiger partial charge in [-0.15, -0.1) is 11.3 Å². The zero-order valence-corrected chi connectivity index (χ0v) is 12.8. The lowest BCUT2D eigenvalue weighted by atomic mass is 10.2. The van der Waals surface area contributed by atoms with Gasteiger partial charge in [0.15, 0.2) is 0 Å². The third-order valence-corrected chi connectivity index (χ3v) is 4.19. The highest BCUT2D eigenvalue weighted by atomic mass is 32.1. The molecule has 2 heterocycles. The Kier molecular flexibility index (Phi) is 3.98. The predicted octanol–water partition coefficient (Wildman–Crippen LogP) is 2.73. The van der Waals surface area contributed by atoms with Crippen LogP contribution in [0.25, 0.3) is 0 Å². The number of thiazole rings is 1. The van der Waals surface area contributed by atoms with Crippen LogP contribution in [0.4, 0.5) is 5.69 Å². The molecule has 0 unspecified atom stereocenters. The van der Waals surface area contributed by atoms with E-state index in [4.69, 9.17) is 0 Å². The average molecular weight is 288 g/mol. The van der Waals surface area contributed by atoms with Gasteiger partial charge in [-0.05, 0) is 25.8 Å². The van der Waals surface area contributed by atoms with Crippen LogP contribution in [-0.2, 0) is 13.1 Å². The second kappa shape index (κ2) is 5.89. The van der Waals surface area contributed by atoms with Crippen LogP contribution in [0.15, 0.2) is 23.2 Å². The first-order valence-corrected chi connectivity index (χ1v) is 7.94. The zero-order chi connectivity index (χ0) is 13.9. The van der Waals surface area contributed by atoms with E-state index in [9.17, 15) is 0 Å². The third-order valence-electron chi connectivity index (χ3n) is 3.55. The van der Waals surface area contributed by atoms with E-state index in [1.54, 1.807) is 11.3 Å². The Labute approximate surface area is 123 Å². The second-order valence-electron chi connectivity index (χ2n) is 5.45. The van der Waals surface area contributed by atoms with Crippen molar-refractivity contribution in [3.8, 4) is 0 Å². The summed E-state index contributed by atoms with van der Waals surface area (Å²) in [6.07, 6.45) is 4.62. The Bertz CT molecular complexity index is 563. The summed E-state index contributed by atoms with van der Waals surface area (Å²) in [7, 11) is 2.12. The average Bonchev–Trinajstić information content (AvgIpc) is 3.13. The fourth-order valence-corrected chi connectivity index (χ4v) is 2.80. The van der Waals surface area contributed by atoms with Crippen molar-refractivity contribution in [1.82, 2.24) is 15.3 Å². The number of nitrogens with one attached hydrogen (secondary N) is 1. The van der Waals surface area contributed by atoms with Crippen LogP contribution in [0.2, 0.25) is 0 Å². The van der Waals surface area contributed by atoms with Crippen LogP contribution in [0.1, 0.15) is 29.8 Å². The maximum absolute atomic E-state index is 4.44. The highest BCUT2D eigenvalue weighted by Gasteiger charge is 2.21. The van der Waals surface area contributed by atoms with E-state index in [0.29, 0.717) is 6.04 Å². The highest BCUT2D eigenvalue weighted by molar-refractivity contribution is 7.07. The molecule has 5 heteroatoms. The van der Waals surface area contributed by atoms with Crippen LogP contribution >= 0.6 is 11.3 Å². The largest absolute Gasteiger partial charge is 0.368 e. The van der Waals surface area contributed by atoms with Crippen LogP contribution in [0.3, 0.4) is 0 Å². The lowest BCUT2D eigenvalue weighted by Gasteiger charge is -2.22. The number of nitrogens with zero attached hydrogens (tertiary/aromatic N) is 3. The minimum atomic E-state index is 0.716. The molecule has 1 aliphatic rings. The minimum Gasteiger partial charge on any atom is -0.368 e. The van der Waals surface area contributed by atoms with Crippen molar-refractivity contribution in [3.05, 3.63) is 40.1 Å². The van der Waals surface area contributed by atoms with Crippen LogP contribution in [-0.4, -0.2) is 23.1 Å². The molecule has 4 nitrogen and oxygen atoms in total. The van der Waals surface area contributed by atoms with E-state index in [1.807, 2.05) is 18.6 Å². The SMILES string of the molecule is Cc1cc(N(C)Cc2cscn2)c(CNC2CC2)cn1. The van der Waals surface area contributed by atoms with Gasteiger partial charge in [0.05, 0.1) is 17.7 Å². The van der Waals surface area contributed by atoms with Gasteiger partial charge in [-0.3, -0.25) is 4.98 Å². The molecule has 3 rings (SSSR count). The van der Waals surface area contributed by atoms with E-state index in [1.165, 1.54) is 24.1 Å². The van der Waals surface area contributed by atoms with Crippen molar-refractivity contribution in [3.63, 3.8) is 0 Å². The Balaban J connectivity index is 1.76. The van der Waals surface area contributed by atoms with Gasteiger partial charge < -0.3 is 10.2 Å². The predicted molar refractivity (Wildman–Crippen MR) is 83.1 cm³/mol. The Morgan fingerprint density at radius 3 is 2.95 bits per heavy atom. The molecule has 0 atom stereocenters. The number of rotatable bonds is 6. The van der Waals surface area contributed by atoms with Gasteiger partial charge in [0.2, 0.25) is 0 Å². The first kappa shape index (κ1) is 13.5. The Morgan fingerprint density at radius 1 is 1.40 bits per heavy atom. The summed E-state index contributed by atoms with van der Waals surface area (Å²) in [5, 5.41) is 5.67. The molecule has 1 saturated carbocycles. The normalized spacial score (nSPS) is 14.5. The van der Waals surface area contributed by atoms with Gasteiger partial charge in [-0.2, -0.15) is 0 Å². The summed E-state index contributed by atoms with van der Waals surface area (Å²) in [4.78, 5) is 11.1. The molecular weight excluding hydrogens is 268 g/mol. The lowest BCUT2D eigenvalue weighted by molar-refractivity contribution is 0.682. The molecule has 1 fully saturated rings. The van der Waals surface area contributed by atoms with Crippen molar-refractivity contribution in [1.29, 1.82) is 0 Å². The molecule has 2 aromatic rings. The lowest BCUT2D eigenvalue weighted by Crippen LogP contribution is -2.22. The molecular formula is C15H20N4S. The van der Waals surface area contributed by atoms with E-state index in [0.717, 1.165) is 24.5 Å². The summed E-state index contributed by atoms with van der Waals surface area (Å²) in [5.74, 6) is 0. The molecule has 0 spiro atoms. The minimum absolute atomic E-state index is 0.716. The quantitative estimate of drug-likeness (QED) is 0.887. The van der Waals surface area contributed by atoms with Crippen LogP contribution in [0, 0.1) is 6.92 Å². The molecule has 2 aromatic heterocycles. The van der Waals surface area contributed by atoms with Gasteiger partial charge in [0.25, 0.3) is 0 Å². The number of aromatic nitrogens is 2. The molecule has 1 aliphatic carbocycles. The molecule has 0 aromatic carbocycles. The van der Waals surface area contributed by atoms with Gasteiger partial charge in [-0.25, -0.2) is 4.98 Å². The van der Waals surface area contributed by atoms with Crippen LogP contribution in [0.5, 0.6) is 0 Å². The van der Waals surface area contributed by atoms with Crippen molar-refractivity contribution in [2.24, 2.45) is 0 Å². The second-order valence-corrected chi connectivity index (χ2v) is 6.16. The van der Waals surface area contributed by atoms with E-state index in [-0.39, 0.29) is 0 Å². The summed E-state index contributed by atoms with van der Waals surface area (Å²) in [6.45, 7) is 3.77. The zero-order valence-electron chi connectivity index (χ0n) is 12.0.